The molecule has 2 aromatic carbocycles. The Labute approximate surface area is 174 Å². The number of halogens is 1. The van der Waals surface area contributed by atoms with E-state index in [1.54, 1.807) is 23.1 Å². The summed E-state index contributed by atoms with van der Waals surface area (Å²) >= 11 is 1.39. The van der Waals surface area contributed by atoms with E-state index in [1.165, 1.54) is 28.7 Å². The molecule has 0 radical (unpaired) electrons. The molecule has 7 heteroatoms. The molecule has 1 unspecified atom stereocenters. The van der Waals surface area contributed by atoms with Gasteiger partial charge in [-0.05, 0) is 31.5 Å². The monoisotopic (exact) mass is 410 g/mol. The molecule has 3 aromatic rings. The maximum absolute atomic E-state index is 14.0. The molecule has 1 amide bonds. The van der Waals surface area contributed by atoms with Crippen LogP contribution in [0.3, 0.4) is 0 Å². The number of carbonyl (C=O) groups excluding carboxylic acids is 1. The van der Waals surface area contributed by atoms with Gasteiger partial charge in [0, 0.05) is 43.6 Å². The Morgan fingerprint density at radius 2 is 1.93 bits per heavy atom. The highest BCUT2D eigenvalue weighted by molar-refractivity contribution is 7.09. The molecule has 1 aliphatic heterocycles. The van der Waals surface area contributed by atoms with Gasteiger partial charge in [-0.2, -0.15) is 4.37 Å². The number of rotatable bonds is 4. The van der Waals surface area contributed by atoms with Crippen molar-refractivity contribution in [1.82, 2.24) is 14.3 Å². The van der Waals surface area contributed by atoms with E-state index in [4.69, 9.17) is 4.98 Å². The fourth-order valence-corrected chi connectivity index (χ4v) is 4.28. The highest BCUT2D eigenvalue weighted by Gasteiger charge is 2.30. The van der Waals surface area contributed by atoms with Crippen LogP contribution in [-0.4, -0.2) is 45.8 Å². The first-order valence-corrected chi connectivity index (χ1v) is 10.5. The zero-order chi connectivity index (χ0) is 20.4. The molecule has 0 bridgehead atoms. The zero-order valence-corrected chi connectivity index (χ0v) is 17.3. The number of hydrogen-bond acceptors (Lipinski definition) is 5. The second-order valence-corrected chi connectivity index (χ2v) is 8.16. The Kier molecular flexibility index (Phi) is 5.58. The van der Waals surface area contributed by atoms with Crippen LogP contribution < -0.4 is 4.90 Å². The highest BCUT2D eigenvalue weighted by atomic mass is 32.1. The lowest BCUT2D eigenvalue weighted by Gasteiger charge is -2.39. The molecule has 1 aliphatic rings. The number of benzene rings is 2. The average Bonchev–Trinajstić information content (AvgIpc) is 3.18. The molecule has 1 aromatic heterocycles. The molecule has 0 saturated carbocycles. The average molecular weight is 411 g/mol. The molecule has 5 nitrogen and oxygen atoms in total. The summed E-state index contributed by atoms with van der Waals surface area (Å²) in [4.78, 5) is 21.3. The molecule has 1 fully saturated rings. The van der Waals surface area contributed by atoms with E-state index in [1.807, 2.05) is 6.92 Å². The van der Waals surface area contributed by atoms with Crippen molar-refractivity contribution in [2.24, 2.45) is 0 Å². The van der Waals surface area contributed by atoms with Crippen LogP contribution in [0.1, 0.15) is 34.2 Å². The number of anilines is 1. The first-order chi connectivity index (χ1) is 14.0. The normalized spacial score (nSPS) is 16.9. The van der Waals surface area contributed by atoms with Crippen LogP contribution in [0.2, 0.25) is 0 Å². The molecule has 29 heavy (non-hydrogen) atoms. The summed E-state index contributed by atoms with van der Waals surface area (Å²) < 4.78 is 18.5. The maximum atomic E-state index is 14.0. The van der Waals surface area contributed by atoms with Crippen molar-refractivity contribution < 1.29 is 9.18 Å². The Morgan fingerprint density at radius 3 is 2.66 bits per heavy atom. The second kappa shape index (κ2) is 8.29. The quantitative estimate of drug-likeness (QED) is 0.654. The molecular weight excluding hydrogens is 387 g/mol. The lowest BCUT2D eigenvalue weighted by molar-refractivity contribution is 0.0669. The molecule has 1 saturated heterocycles. The molecular formula is C22H23FN4OS. The summed E-state index contributed by atoms with van der Waals surface area (Å²) in [5.74, 6) is 0.0796. The number of amides is 1. The Hall–Kier alpha value is -2.80. The summed E-state index contributed by atoms with van der Waals surface area (Å²) in [6, 6.07) is 14.5. The lowest BCUT2D eigenvalue weighted by Crippen LogP contribution is -2.54. The van der Waals surface area contributed by atoms with E-state index >= 15 is 0 Å². The third-order valence-corrected chi connectivity index (χ3v) is 6.02. The number of piperazine rings is 1. The van der Waals surface area contributed by atoms with Gasteiger partial charge in [-0.3, -0.25) is 4.79 Å². The second-order valence-electron chi connectivity index (χ2n) is 7.43. The van der Waals surface area contributed by atoms with E-state index < -0.39 is 5.82 Å². The van der Waals surface area contributed by atoms with Gasteiger partial charge in [0.25, 0.3) is 5.91 Å². The van der Waals surface area contributed by atoms with E-state index in [2.05, 4.69) is 40.5 Å². The number of aromatic nitrogens is 2. The Balaban J connectivity index is 1.41. The first kappa shape index (κ1) is 19.5. The number of carbonyl (C=O) groups is 1. The van der Waals surface area contributed by atoms with Gasteiger partial charge >= 0.3 is 0 Å². The van der Waals surface area contributed by atoms with Gasteiger partial charge in [-0.15, -0.1) is 0 Å². The van der Waals surface area contributed by atoms with Crippen molar-refractivity contribution in [3.05, 3.63) is 76.9 Å². The topological polar surface area (TPSA) is 49.3 Å². The van der Waals surface area contributed by atoms with Crippen molar-refractivity contribution in [3.8, 4) is 0 Å². The number of hydrogen-bond donors (Lipinski definition) is 0. The fourth-order valence-electron chi connectivity index (χ4n) is 3.56. The van der Waals surface area contributed by atoms with Crippen LogP contribution in [0, 0.1) is 12.7 Å². The summed E-state index contributed by atoms with van der Waals surface area (Å²) in [6.45, 7) is 5.89. The largest absolute Gasteiger partial charge is 0.343 e. The van der Waals surface area contributed by atoms with Gasteiger partial charge in [-0.25, -0.2) is 9.37 Å². The van der Waals surface area contributed by atoms with E-state index in [9.17, 15) is 9.18 Å². The minimum absolute atomic E-state index is 0.0414. The van der Waals surface area contributed by atoms with E-state index in [-0.39, 0.29) is 17.5 Å². The molecule has 150 valence electrons. The standard InChI is InChI=1S/C22H23FN4OS/c1-15-7-9-17(10-8-15)13-20-24-22(29-25-20)26-11-12-27(16(2)14-26)21(28)18-5-3-4-6-19(18)23/h3-10,16H,11-14H2,1-2H3. The molecule has 0 aliphatic carbocycles. The number of aryl methyl sites for hydroxylation is 1. The summed E-state index contributed by atoms with van der Waals surface area (Å²) in [6.07, 6.45) is 0.706. The van der Waals surface area contributed by atoms with Crippen LogP contribution in [0.25, 0.3) is 0 Å². The van der Waals surface area contributed by atoms with Gasteiger partial charge in [0.2, 0.25) is 5.13 Å². The van der Waals surface area contributed by atoms with Gasteiger partial charge in [-0.1, -0.05) is 42.0 Å². The lowest BCUT2D eigenvalue weighted by atomic mass is 10.1. The van der Waals surface area contributed by atoms with Crippen LogP contribution in [0.5, 0.6) is 0 Å². The van der Waals surface area contributed by atoms with Crippen LogP contribution in [0.4, 0.5) is 9.52 Å². The molecule has 0 spiro atoms. The van der Waals surface area contributed by atoms with Crippen LogP contribution in [-0.2, 0) is 6.42 Å². The minimum atomic E-state index is -0.475. The van der Waals surface area contributed by atoms with Gasteiger partial charge in [0.1, 0.15) is 11.6 Å². The minimum Gasteiger partial charge on any atom is -0.343 e. The Bertz CT molecular complexity index is 1000. The molecule has 4 rings (SSSR count). The van der Waals surface area contributed by atoms with Crippen LogP contribution in [0.15, 0.2) is 48.5 Å². The van der Waals surface area contributed by atoms with Crippen molar-refractivity contribution in [1.29, 1.82) is 0 Å². The number of nitrogens with zero attached hydrogens (tertiary/aromatic N) is 4. The van der Waals surface area contributed by atoms with E-state index in [0.717, 1.165) is 11.0 Å². The predicted octanol–water partition coefficient (Wildman–Crippen LogP) is 3.93. The first-order valence-electron chi connectivity index (χ1n) is 9.70. The van der Waals surface area contributed by atoms with Crippen molar-refractivity contribution in [3.63, 3.8) is 0 Å². The summed E-state index contributed by atoms with van der Waals surface area (Å²) in [5.41, 5.74) is 2.55. The van der Waals surface area contributed by atoms with Gasteiger partial charge in [0.15, 0.2) is 0 Å². The fraction of sp³-hybridized carbons (Fsp3) is 0.318. The summed E-state index contributed by atoms with van der Waals surface area (Å²) in [7, 11) is 0. The van der Waals surface area contributed by atoms with Crippen molar-refractivity contribution in [2.75, 3.05) is 24.5 Å². The smallest absolute Gasteiger partial charge is 0.257 e. The molecule has 2 heterocycles. The Morgan fingerprint density at radius 1 is 1.17 bits per heavy atom. The highest BCUT2D eigenvalue weighted by Crippen LogP contribution is 2.24. The summed E-state index contributed by atoms with van der Waals surface area (Å²) in [5, 5.41) is 0.872. The zero-order valence-electron chi connectivity index (χ0n) is 16.5. The maximum Gasteiger partial charge on any atom is 0.257 e. The third kappa shape index (κ3) is 4.29. The van der Waals surface area contributed by atoms with Crippen LogP contribution >= 0.6 is 11.5 Å². The molecule has 0 N–H and O–H groups in total. The van der Waals surface area contributed by atoms with Crippen molar-refractivity contribution in [2.45, 2.75) is 26.3 Å². The van der Waals surface area contributed by atoms with Crippen molar-refractivity contribution >= 4 is 22.6 Å². The van der Waals surface area contributed by atoms with Gasteiger partial charge in [0.05, 0.1) is 5.56 Å². The predicted molar refractivity (Wildman–Crippen MR) is 113 cm³/mol. The SMILES string of the molecule is Cc1ccc(Cc2nsc(N3CCN(C(=O)c4ccccc4F)C(C)C3)n2)cc1. The molecule has 1 atom stereocenters. The van der Waals surface area contributed by atoms with E-state index in [0.29, 0.717) is 26.1 Å². The van der Waals surface area contributed by atoms with Gasteiger partial charge < -0.3 is 9.80 Å². The third-order valence-electron chi connectivity index (χ3n) is 5.20.